The van der Waals surface area contributed by atoms with Gasteiger partial charge in [0.05, 0.1) is 20.3 Å². The Morgan fingerprint density at radius 1 is 0.938 bits per heavy atom. The van der Waals surface area contributed by atoms with Crippen LogP contribution in [-0.4, -0.2) is 53.5 Å². The molecule has 0 aliphatic heterocycles. The van der Waals surface area contributed by atoms with Gasteiger partial charge in [-0.1, -0.05) is 18.2 Å². The van der Waals surface area contributed by atoms with Crippen molar-refractivity contribution in [1.29, 1.82) is 0 Å². The Kier molecular flexibility index (Phi) is 14.3. The van der Waals surface area contributed by atoms with Crippen LogP contribution in [0.15, 0.2) is 47.5 Å². The number of anilines is 1. The average molecular weight is 556 g/mol. The molecule has 0 unspecified atom stereocenters. The molecular formula is C24H37IN4O3. The molecule has 0 spiro atoms. The lowest BCUT2D eigenvalue weighted by molar-refractivity contribution is 0.211. The number of aryl methyl sites for hydroxylation is 1. The molecule has 0 heterocycles. The molecule has 2 aromatic rings. The van der Waals surface area contributed by atoms with Crippen molar-refractivity contribution in [2.75, 3.05) is 52.9 Å². The van der Waals surface area contributed by atoms with Gasteiger partial charge in [-0.2, -0.15) is 0 Å². The van der Waals surface area contributed by atoms with Crippen molar-refractivity contribution in [3.05, 3.63) is 53.6 Å². The first-order chi connectivity index (χ1) is 15.2. The van der Waals surface area contributed by atoms with Crippen LogP contribution in [0.25, 0.3) is 0 Å². The normalized spacial score (nSPS) is 10.8. The first-order valence-electron chi connectivity index (χ1n) is 10.8. The summed E-state index contributed by atoms with van der Waals surface area (Å²) in [7, 11) is 5.15. The van der Waals surface area contributed by atoms with E-state index in [9.17, 15) is 0 Å². The Balaban J connectivity index is 0.00000512. The Labute approximate surface area is 209 Å². The van der Waals surface area contributed by atoms with Crippen LogP contribution in [0.4, 0.5) is 5.69 Å². The summed E-state index contributed by atoms with van der Waals surface area (Å²) in [5.74, 6) is 2.37. The van der Waals surface area contributed by atoms with Gasteiger partial charge in [-0.25, -0.2) is 0 Å². The first kappa shape index (κ1) is 27.8. The quantitative estimate of drug-likeness (QED) is 0.150. The van der Waals surface area contributed by atoms with Crippen molar-refractivity contribution < 1.29 is 14.2 Å². The average Bonchev–Trinajstić information content (AvgIpc) is 2.80. The Hall–Kier alpha value is -2.20. The monoisotopic (exact) mass is 556 g/mol. The van der Waals surface area contributed by atoms with Crippen LogP contribution in [0.5, 0.6) is 11.5 Å². The number of ether oxygens (including phenoxy) is 3. The Morgan fingerprint density at radius 2 is 1.69 bits per heavy atom. The van der Waals surface area contributed by atoms with Gasteiger partial charge < -0.3 is 30.2 Å². The van der Waals surface area contributed by atoms with Gasteiger partial charge in [0.2, 0.25) is 0 Å². The highest BCUT2D eigenvalue weighted by Crippen LogP contribution is 2.28. The summed E-state index contributed by atoms with van der Waals surface area (Å²) in [5, 5.41) is 10.1. The molecule has 8 heteroatoms. The molecule has 32 heavy (non-hydrogen) atoms. The predicted molar refractivity (Wildman–Crippen MR) is 143 cm³/mol. The first-order valence-corrected chi connectivity index (χ1v) is 10.8. The highest BCUT2D eigenvalue weighted by Gasteiger charge is 2.05. The maximum atomic E-state index is 5.66. The lowest BCUT2D eigenvalue weighted by Crippen LogP contribution is -2.37. The van der Waals surface area contributed by atoms with Gasteiger partial charge in [0.15, 0.2) is 17.5 Å². The standard InChI is InChI=1S/C24H36N4O3.HI/c1-5-31-23-17-19(10-13-22(23)30-4)7-6-14-27-24(25-2)28-18-20-8-11-21(12-9-20)26-15-16-29-3;/h8-13,17,26H,5-7,14-16,18H2,1-4H3,(H2,25,27,28);1H. The second-order valence-electron chi connectivity index (χ2n) is 6.99. The van der Waals surface area contributed by atoms with E-state index in [4.69, 9.17) is 14.2 Å². The number of methoxy groups -OCH3 is 2. The second-order valence-corrected chi connectivity index (χ2v) is 6.99. The fourth-order valence-corrected chi connectivity index (χ4v) is 3.09. The molecule has 0 saturated carbocycles. The third-order valence-corrected chi connectivity index (χ3v) is 4.74. The van der Waals surface area contributed by atoms with Crippen LogP contribution in [0.2, 0.25) is 0 Å². The van der Waals surface area contributed by atoms with E-state index in [0.717, 1.165) is 49.1 Å². The molecule has 0 aliphatic carbocycles. The van der Waals surface area contributed by atoms with Crippen molar-refractivity contribution in [3.8, 4) is 11.5 Å². The third-order valence-electron chi connectivity index (χ3n) is 4.74. The highest BCUT2D eigenvalue weighted by molar-refractivity contribution is 14.0. The van der Waals surface area contributed by atoms with E-state index in [1.54, 1.807) is 21.3 Å². The van der Waals surface area contributed by atoms with Crippen molar-refractivity contribution in [2.45, 2.75) is 26.3 Å². The van der Waals surface area contributed by atoms with Crippen LogP contribution in [0.3, 0.4) is 0 Å². The minimum atomic E-state index is 0. The molecule has 0 saturated heterocycles. The van der Waals surface area contributed by atoms with Crippen molar-refractivity contribution in [1.82, 2.24) is 10.6 Å². The molecule has 0 amide bonds. The number of halogens is 1. The number of hydrogen-bond acceptors (Lipinski definition) is 5. The summed E-state index contributed by atoms with van der Waals surface area (Å²) in [4.78, 5) is 4.31. The highest BCUT2D eigenvalue weighted by atomic mass is 127. The minimum Gasteiger partial charge on any atom is -0.493 e. The van der Waals surface area contributed by atoms with Crippen molar-refractivity contribution >= 4 is 35.6 Å². The zero-order valence-electron chi connectivity index (χ0n) is 19.6. The summed E-state index contributed by atoms with van der Waals surface area (Å²) in [6.45, 7) is 5.64. The topological polar surface area (TPSA) is 76.1 Å². The fourth-order valence-electron chi connectivity index (χ4n) is 3.09. The van der Waals surface area contributed by atoms with E-state index in [1.807, 2.05) is 13.0 Å². The van der Waals surface area contributed by atoms with Crippen molar-refractivity contribution in [3.63, 3.8) is 0 Å². The van der Waals surface area contributed by atoms with Crippen LogP contribution in [-0.2, 0) is 17.7 Å². The van der Waals surface area contributed by atoms with E-state index >= 15 is 0 Å². The molecule has 7 nitrogen and oxygen atoms in total. The summed E-state index contributed by atoms with van der Waals surface area (Å²) in [5.41, 5.74) is 3.52. The van der Waals surface area contributed by atoms with E-state index < -0.39 is 0 Å². The molecule has 2 aromatic carbocycles. The second kappa shape index (κ2) is 16.4. The van der Waals surface area contributed by atoms with Gasteiger partial charge in [-0.3, -0.25) is 4.99 Å². The lowest BCUT2D eigenvalue weighted by Gasteiger charge is -2.13. The van der Waals surface area contributed by atoms with Gasteiger partial charge in [0.25, 0.3) is 0 Å². The molecule has 0 radical (unpaired) electrons. The van der Waals surface area contributed by atoms with E-state index in [-0.39, 0.29) is 24.0 Å². The minimum absolute atomic E-state index is 0. The number of rotatable bonds is 13. The molecule has 0 aliphatic rings. The van der Waals surface area contributed by atoms with Gasteiger partial charge in [0.1, 0.15) is 0 Å². The predicted octanol–water partition coefficient (Wildman–Crippen LogP) is 4.07. The number of hydrogen-bond donors (Lipinski definition) is 3. The molecule has 178 valence electrons. The number of guanidine groups is 1. The maximum absolute atomic E-state index is 5.66. The molecule has 0 atom stereocenters. The van der Waals surface area contributed by atoms with Crippen LogP contribution >= 0.6 is 24.0 Å². The SMILES string of the molecule is CCOc1cc(CCCNC(=NC)NCc2ccc(NCCOC)cc2)ccc1OC.I. The summed E-state index contributed by atoms with van der Waals surface area (Å²) < 4.78 is 16.1. The molecular weight excluding hydrogens is 519 g/mol. The Bertz CT molecular complexity index is 800. The van der Waals surface area contributed by atoms with E-state index in [0.29, 0.717) is 19.8 Å². The largest absolute Gasteiger partial charge is 0.493 e. The zero-order valence-corrected chi connectivity index (χ0v) is 21.9. The van der Waals surface area contributed by atoms with E-state index in [2.05, 4.69) is 57.3 Å². The number of benzene rings is 2. The molecule has 0 aromatic heterocycles. The van der Waals surface area contributed by atoms with Crippen LogP contribution in [0, 0.1) is 0 Å². The molecule has 3 N–H and O–H groups in total. The molecule has 2 rings (SSSR count). The fraction of sp³-hybridized carbons (Fsp3) is 0.458. The smallest absolute Gasteiger partial charge is 0.191 e. The van der Waals surface area contributed by atoms with Gasteiger partial charge >= 0.3 is 0 Å². The molecule has 0 fully saturated rings. The summed E-state index contributed by atoms with van der Waals surface area (Å²) in [6, 6.07) is 14.5. The van der Waals surface area contributed by atoms with Gasteiger partial charge in [-0.15, -0.1) is 24.0 Å². The number of nitrogens with zero attached hydrogens (tertiary/aromatic N) is 1. The van der Waals surface area contributed by atoms with Gasteiger partial charge in [0, 0.05) is 39.5 Å². The van der Waals surface area contributed by atoms with Gasteiger partial charge in [-0.05, 0) is 55.2 Å². The van der Waals surface area contributed by atoms with Crippen LogP contribution in [0.1, 0.15) is 24.5 Å². The zero-order chi connectivity index (χ0) is 22.3. The number of nitrogens with one attached hydrogen (secondary N) is 3. The lowest BCUT2D eigenvalue weighted by atomic mass is 10.1. The third kappa shape index (κ3) is 9.95. The number of aliphatic imine (C=N–C) groups is 1. The Morgan fingerprint density at radius 3 is 2.34 bits per heavy atom. The maximum Gasteiger partial charge on any atom is 0.191 e. The summed E-state index contributed by atoms with van der Waals surface area (Å²) >= 11 is 0. The summed E-state index contributed by atoms with van der Waals surface area (Å²) in [6.07, 6.45) is 1.94. The van der Waals surface area contributed by atoms with E-state index in [1.165, 1.54) is 11.1 Å². The van der Waals surface area contributed by atoms with Crippen molar-refractivity contribution in [2.24, 2.45) is 4.99 Å². The van der Waals surface area contributed by atoms with Crippen LogP contribution < -0.4 is 25.4 Å². The molecule has 0 bridgehead atoms.